The van der Waals surface area contributed by atoms with Crippen LogP contribution in [0, 0.1) is 0 Å². The topological polar surface area (TPSA) is 47.7 Å². The molecule has 0 unspecified atom stereocenters. The van der Waals surface area contributed by atoms with Crippen molar-refractivity contribution in [1.29, 1.82) is 0 Å². The molecule has 96 valence electrons. The fraction of sp³-hybridized carbons (Fsp3) is 0.538. The van der Waals surface area contributed by atoms with E-state index >= 15 is 0 Å². The summed E-state index contributed by atoms with van der Waals surface area (Å²) in [5.41, 5.74) is 7.64. The quantitative estimate of drug-likeness (QED) is 0.771. The van der Waals surface area contributed by atoms with Crippen LogP contribution < -0.4 is 15.4 Å². The van der Waals surface area contributed by atoms with E-state index in [2.05, 4.69) is 18.7 Å². The Morgan fingerprint density at radius 3 is 2.47 bits per heavy atom. The minimum Gasteiger partial charge on any atom is -0.497 e. The molecule has 1 aromatic rings. The number of rotatable bonds is 6. The Balaban J connectivity index is 2.96. The SMILES string of the molecule is COCCN(c1cc(N)cc(OC)c1)C(C)C. The van der Waals surface area contributed by atoms with Gasteiger partial charge in [-0.2, -0.15) is 0 Å². The number of nitrogens with two attached hydrogens (primary N) is 1. The predicted molar refractivity (Wildman–Crippen MR) is 71.8 cm³/mol. The van der Waals surface area contributed by atoms with Crippen LogP contribution in [-0.2, 0) is 4.74 Å². The van der Waals surface area contributed by atoms with Gasteiger partial charge in [-0.05, 0) is 19.9 Å². The lowest BCUT2D eigenvalue weighted by Gasteiger charge is -2.29. The molecule has 0 bridgehead atoms. The number of nitrogens with zero attached hydrogens (tertiary/aromatic N) is 1. The van der Waals surface area contributed by atoms with Gasteiger partial charge in [-0.25, -0.2) is 0 Å². The molecular weight excluding hydrogens is 216 g/mol. The van der Waals surface area contributed by atoms with Crippen LogP contribution in [0.3, 0.4) is 0 Å². The molecule has 17 heavy (non-hydrogen) atoms. The van der Waals surface area contributed by atoms with Crippen molar-refractivity contribution in [2.24, 2.45) is 0 Å². The number of anilines is 2. The Labute approximate surface area is 103 Å². The number of ether oxygens (including phenoxy) is 2. The van der Waals surface area contributed by atoms with Crippen LogP contribution in [-0.4, -0.2) is 33.4 Å². The standard InChI is InChI=1S/C13H22N2O2/c1-10(2)15(5-6-16-3)12-7-11(14)8-13(9-12)17-4/h7-10H,5-6,14H2,1-4H3. The Kier molecular flexibility index (Phi) is 5.10. The summed E-state index contributed by atoms with van der Waals surface area (Å²) in [4.78, 5) is 2.24. The van der Waals surface area contributed by atoms with Crippen LogP contribution in [0.1, 0.15) is 13.8 Å². The lowest BCUT2D eigenvalue weighted by molar-refractivity contribution is 0.204. The highest BCUT2D eigenvalue weighted by atomic mass is 16.5. The first-order valence-corrected chi connectivity index (χ1v) is 5.78. The fourth-order valence-electron chi connectivity index (χ4n) is 1.76. The summed E-state index contributed by atoms with van der Waals surface area (Å²) in [6.07, 6.45) is 0. The van der Waals surface area contributed by atoms with Crippen molar-refractivity contribution in [1.82, 2.24) is 0 Å². The highest BCUT2D eigenvalue weighted by molar-refractivity contribution is 5.61. The predicted octanol–water partition coefficient (Wildman–Crippen LogP) is 2.14. The summed E-state index contributed by atoms with van der Waals surface area (Å²) in [5, 5.41) is 0. The second kappa shape index (κ2) is 6.35. The molecule has 1 rings (SSSR count). The van der Waals surface area contributed by atoms with Crippen LogP contribution in [0.4, 0.5) is 11.4 Å². The van der Waals surface area contributed by atoms with Crippen molar-refractivity contribution < 1.29 is 9.47 Å². The van der Waals surface area contributed by atoms with Gasteiger partial charge in [-0.15, -0.1) is 0 Å². The number of hydrogen-bond acceptors (Lipinski definition) is 4. The first-order valence-electron chi connectivity index (χ1n) is 5.78. The summed E-state index contributed by atoms with van der Waals surface area (Å²) in [6, 6.07) is 6.15. The minimum atomic E-state index is 0.386. The normalized spacial score (nSPS) is 10.6. The van der Waals surface area contributed by atoms with Crippen molar-refractivity contribution in [2.75, 3.05) is 38.0 Å². The van der Waals surface area contributed by atoms with E-state index < -0.39 is 0 Å². The molecule has 0 atom stereocenters. The first-order chi connectivity index (χ1) is 8.08. The van der Waals surface area contributed by atoms with E-state index in [4.69, 9.17) is 15.2 Å². The second-order valence-corrected chi connectivity index (χ2v) is 4.24. The van der Waals surface area contributed by atoms with Crippen molar-refractivity contribution in [2.45, 2.75) is 19.9 Å². The second-order valence-electron chi connectivity index (χ2n) is 4.24. The van der Waals surface area contributed by atoms with Gasteiger partial charge in [0.05, 0.1) is 13.7 Å². The summed E-state index contributed by atoms with van der Waals surface area (Å²) in [7, 11) is 3.35. The van der Waals surface area contributed by atoms with Gasteiger partial charge >= 0.3 is 0 Å². The van der Waals surface area contributed by atoms with Crippen LogP contribution in [0.5, 0.6) is 5.75 Å². The number of benzene rings is 1. The maximum Gasteiger partial charge on any atom is 0.122 e. The molecule has 0 amide bonds. The smallest absolute Gasteiger partial charge is 0.122 e. The third-order valence-corrected chi connectivity index (χ3v) is 2.64. The van der Waals surface area contributed by atoms with Gasteiger partial charge in [0.2, 0.25) is 0 Å². The van der Waals surface area contributed by atoms with E-state index in [1.165, 1.54) is 0 Å². The van der Waals surface area contributed by atoms with Crippen LogP contribution >= 0.6 is 0 Å². The molecule has 0 fully saturated rings. The molecule has 0 saturated carbocycles. The first kappa shape index (κ1) is 13.6. The summed E-state index contributed by atoms with van der Waals surface area (Å²) < 4.78 is 10.4. The Bertz CT molecular complexity index is 353. The molecule has 0 aliphatic carbocycles. The molecule has 0 saturated heterocycles. The molecule has 0 aliphatic rings. The molecular formula is C13H22N2O2. The van der Waals surface area contributed by atoms with Gasteiger partial charge in [0, 0.05) is 43.2 Å². The van der Waals surface area contributed by atoms with E-state index in [0.29, 0.717) is 18.3 Å². The zero-order chi connectivity index (χ0) is 12.8. The van der Waals surface area contributed by atoms with Crippen LogP contribution in [0.2, 0.25) is 0 Å². The zero-order valence-corrected chi connectivity index (χ0v) is 11.1. The average molecular weight is 238 g/mol. The molecule has 0 aliphatic heterocycles. The van der Waals surface area contributed by atoms with Gasteiger partial charge in [-0.3, -0.25) is 0 Å². The Morgan fingerprint density at radius 1 is 1.24 bits per heavy atom. The summed E-state index contributed by atoms with van der Waals surface area (Å²) >= 11 is 0. The van der Waals surface area contributed by atoms with Gasteiger partial charge in [0.15, 0.2) is 0 Å². The van der Waals surface area contributed by atoms with Crippen LogP contribution in [0.15, 0.2) is 18.2 Å². The summed E-state index contributed by atoms with van der Waals surface area (Å²) in [6.45, 7) is 5.81. The molecule has 4 nitrogen and oxygen atoms in total. The molecule has 2 N–H and O–H groups in total. The van der Waals surface area contributed by atoms with Crippen molar-refractivity contribution >= 4 is 11.4 Å². The monoisotopic (exact) mass is 238 g/mol. The lowest BCUT2D eigenvalue weighted by atomic mass is 10.2. The third kappa shape index (κ3) is 3.82. The van der Waals surface area contributed by atoms with Gasteiger partial charge in [-0.1, -0.05) is 0 Å². The van der Waals surface area contributed by atoms with E-state index in [1.54, 1.807) is 14.2 Å². The molecule has 0 spiro atoms. The van der Waals surface area contributed by atoms with E-state index in [0.717, 1.165) is 18.0 Å². The maximum atomic E-state index is 5.86. The minimum absolute atomic E-state index is 0.386. The molecule has 1 aromatic carbocycles. The van der Waals surface area contributed by atoms with Gasteiger partial charge in [0.25, 0.3) is 0 Å². The lowest BCUT2D eigenvalue weighted by Crippen LogP contribution is -2.33. The van der Waals surface area contributed by atoms with E-state index in [-0.39, 0.29) is 0 Å². The average Bonchev–Trinajstić information content (AvgIpc) is 2.28. The van der Waals surface area contributed by atoms with E-state index in [9.17, 15) is 0 Å². The molecule has 0 radical (unpaired) electrons. The highest BCUT2D eigenvalue weighted by Crippen LogP contribution is 2.26. The zero-order valence-electron chi connectivity index (χ0n) is 11.1. The maximum absolute atomic E-state index is 5.86. The highest BCUT2D eigenvalue weighted by Gasteiger charge is 2.11. The van der Waals surface area contributed by atoms with Crippen molar-refractivity contribution in [3.8, 4) is 5.75 Å². The Morgan fingerprint density at radius 2 is 1.94 bits per heavy atom. The van der Waals surface area contributed by atoms with E-state index in [1.807, 2.05) is 18.2 Å². The Hall–Kier alpha value is -1.42. The molecule has 4 heteroatoms. The third-order valence-electron chi connectivity index (χ3n) is 2.64. The molecule has 0 heterocycles. The largest absolute Gasteiger partial charge is 0.497 e. The van der Waals surface area contributed by atoms with Gasteiger partial charge < -0.3 is 20.1 Å². The summed E-state index contributed by atoms with van der Waals surface area (Å²) in [5.74, 6) is 0.781. The number of nitrogen functional groups attached to an aromatic ring is 1. The van der Waals surface area contributed by atoms with Crippen molar-refractivity contribution in [3.63, 3.8) is 0 Å². The van der Waals surface area contributed by atoms with Crippen LogP contribution in [0.25, 0.3) is 0 Å². The van der Waals surface area contributed by atoms with Gasteiger partial charge in [0.1, 0.15) is 5.75 Å². The van der Waals surface area contributed by atoms with Crippen molar-refractivity contribution in [3.05, 3.63) is 18.2 Å². The fourth-order valence-corrected chi connectivity index (χ4v) is 1.76. The number of hydrogen-bond donors (Lipinski definition) is 1. The molecule has 0 aromatic heterocycles. The number of methoxy groups -OCH3 is 2.